The zero-order valence-electron chi connectivity index (χ0n) is 16.8. The van der Waals surface area contributed by atoms with Crippen LogP contribution in [0.1, 0.15) is 25.3 Å². The number of sulfonamides is 1. The lowest BCUT2D eigenvalue weighted by Crippen LogP contribution is -2.41. The first-order chi connectivity index (χ1) is 13.0. The molecule has 0 spiro atoms. The van der Waals surface area contributed by atoms with E-state index in [2.05, 4.69) is 15.0 Å². The SMILES string of the molecule is CCNC(=NCCS(=O)(=O)NCc1ccccc1)N(C)CCOCC1CC1.I. The van der Waals surface area contributed by atoms with Crippen molar-refractivity contribution in [3.8, 4) is 0 Å². The minimum Gasteiger partial charge on any atom is -0.379 e. The van der Waals surface area contributed by atoms with Gasteiger partial charge in [-0.2, -0.15) is 0 Å². The normalized spacial score (nSPS) is 14.4. The van der Waals surface area contributed by atoms with Crippen LogP contribution in [0.3, 0.4) is 0 Å². The summed E-state index contributed by atoms with van der Waals surface area (Å²) < 4.78 is 32.6. The summed E-state index contributed by atoms with van der Waals surface area (Å²) in [7, 11) is -1.43. The molecule has 0 radical (unpaired) electrons. The van der Waals surface area contributed by atoms with E-state index in [1.54, 1.807) is 0 Å². The van der Waals surface area contributed by atoms with Gasteiger partial charge >= 0.3 is 0 Å². The monoisotopic (exact) mass is 524 g/mol. The fourth-order valence-electron chi connectivity index (χ4n) is 2.44. The van der Waals surface area contributed by atoms with Gasteiger partial charge in [0.2, 0.25) is 10.0 Å². The van der Waals surface area contributed by atoms with Crippen molar-refractivity contribution in [1.82, 2.24) is 14.9 Å². The van der Waals surface area contributed by atoms with Gasteiger partial charge < -0.3 is 15.0 Å². The maximum atomic E-state index is 12.2. The van der Waals surface area contributed by atoms with E-state index < -0.39 is 10.0 Å². The minimum absolute atomic E-state index is 0. The molecule has 1 aromatic carbocycles. The van der Waals surface area contributed by atoms with Crippen molar-refractivity contribution in [2.75, 3.05) is 45.6 Å². The highest BCUT2D eigenvalue weighted by molar-refractivity contribution is 14.0. The third-order valence-electron chi connectivity index (χ3n) is 4.28. The standard InChI is InChI=1S/C19H32N4O3S.HI/c1-3-20-19(23(2)12-13-26-16-18-9-10-18)21-11-14-27(24,25)22-15-17-7-5-4-6-8-17;/h4-8,18,22H,3,9-16H2,1-2H3,(H,20,21);1H. The van der Waals surface area contributed by atoms with E-state index in [0.29, 0.717) is 19.1 Å². The van der Waals surface area contributed by atoms with E-state index in [1.165, 1.54) is 12.8 Å². The molecule has 160 valence electrons. The van der Waals surface area contributed by atoms with Crippen LogP contribution in [-0.4, -0.2) is 64.9 Å². The summed E-state index contributed by atoms with van der Waals surface area (Å²) in [4.78, 5) is 6.41. The Balaban J connectivity index is 0.00000392. The highest BCUT2D eigenvalue weighted by atomic mass is 127. The number of guanidine groups is 1. The van der Waals surface area contributed by atoms with Gasteiger partial charge in [0.05, 0.1) is 18.9 Å². The van der Waals surface area contributed by atoms with E-state index in [9.17, 15) is 8.42 Å². The lowest BCUT2D eigenvalue weighted by molar-refractivity contribution is 0.115. The maximum Gasteiger partial charge on any atom is 0.213 e. The number of nitrogens with zero attached hydrogens (tertiary/aromatic N) is 2. The summed E-state index contributed by atoms with van der Waals surface area (Å²) >= 11 is 0. The van der Waals surface area contributed by atoms with Crippen LogP contribution in [-0.2, 0) is 21.3 Å². The van der Waals surface area contributed by atoms with Crippen LogP contribution in [0.5, 0.6) is 0 Å². The van der Waals surface area contributed by atoms with Gasteiger partial charge in [0, 0.05) is 33.3 Å². The van der Waals surface area contributed by atoms with Gasteiger partial charge in [-0.3, -0.25) is 4.99 Å². The van der Waals surface area contributed by atoms with Crippen molar-refractivity contribution in [3.05, 3.63) is 35.9 Å². The molecule has 1 fully saturated rings. The minimum atomic E-state index is -3.37. The average molecular weight is 524 g/mol. The third kappa shape index (κ3) is 10.6. The Morgan fingerprint density at radius 2 is 2.00 bits per heavy atom. The molecule has 1 aliphatic carbocycles. The van der Waals surface area contributed by atoms with Gasteiger partial charge in [-0.05, 0) is 31.2 Å². The molecule has 28 heavy (non-hydrogen) atoms. The molecule has 0 bridgehead atoms. The van der Waals surface area contributed by atoms with Crippen LogP contribution in [0.2, 0.25) is 0 Å². The fraction of sp³-hybridized carbons (Fsp3) is 0.632. The molecule has 1 saturated carbocycles. The van der Waals surface area contributed by atoms with Crippen LogP contribution < -0.4 is 10.0 Å². The van der Waals surface area contributed by atoms with Crippen molar-refractivity contribution in [2.24, 2.45) is 10.9 Å². The van der Waals surface area contributed by atoms with E-state index in [4.69, 9.17) is 4.74 Å². The van der Waals surface area contributed by atoms with E-state index in [-0.39, 0.29) is 36.3 Å². The second kappa shape index (κ2) is 13.3. The Morgan fingerprint density at radius 3 is 2.64 bits per heavy atom. The van der Waals surface area contributed by atoms with Crippen molar-refractivity contribution < 1.29 is 13.2 Å². The topological polar surface area (TPSA) is 83.0 Å². The molecule has 7 nitrogen and oxygen atoms in total. The smallest absolute Gasteiger partial charge is 0.213 e. The van der Waals surface area contributed by atoms with Crippen LogP contribution in [0.15, 0.2) is 35.3 Å². The highest BCUT2D eigenvalue weighted by Crippen LogP contribution is 2.28. The number of halogens is 1. The number of rotatable bonds is 12. The number of hydrogen-bond acceptors (Lipinski definition) is 4. The molecule has 2 N–H and O–H groups in total. The molecule has 0 aromatic heterocycles. The fourth-order valence-corrected chi connectivity index (χ4v) is 3.31. The van der Waals surface area contributed by atoms with E-state index in [1.807, 2.05) is 49.2 Å². The van der Waals surface area contributed by atoms with Crippen molar-refractivity contribution in [2.45, 2.75) is 26.3 Å². The van der Waals surface area contributed by atoms with Crippen molar-refractivity contribution in [3.63, 3.8) is 0 Å². The van der Waals surface area contributed by atoms with E-state index in [0.717, 1.165) is 31.2 Å². The highest BCUT2D eigenvalue weighted by Gasteiger charge is 2.21. The molecule has 0 amide bonds. The number of hydrogen-bond donors (Lipinski definition) is 2. The van der Waals surface area contributed by atoms with Gasteiger partial charge in [0.1, 0.15) is 0 Å². The Bertz CT molecular complexity index is 682. The summed E-state index contributed by atoms with van der Waals surface area (Å²) in [6, 6.07) is 9.47. The number of nitrogens with one attached hydrogen (secondary N) is 2. The summed E-state index contributed by atoms with van der Waals surface area (Å²) in [5.41, 5.74) is 0.934. The van der Waals surface area contributed by atoms with Crippen LogP contribution in [0.25, 0.3) is 0 Å². The number of benzene rings is 1. The van der Waals surface area contributed by atoms with Gasteiger partial charge in [-0.25, -0.2) is 13.1 Å². The van der Waals surface area contributed by atoms with Gasteiger partial charge in [-0.1, -0.05) is 30.3 Å². The zero-order chi connectivity index (χ0) is 19.5. The van der Waals surface area contributed by atoms with Crippen molar-refractivity contribution in [1.29, 1.82) is 0 Å². The molecule has 0 unspecified atom stereocenters. The summed E-state index contributed by atoms with van der Waals surface area (Å²) in [6.07, 6.45) is 2.57. The second-order valence-electron chi connectivity index (χ2n) is 6.80. The largest absolute Gasteiger partial charge is 0.379 e. The zero-order valence-corrected chi connectivity index (χ0v) is 19.9. The van der Waals surface area contributed by atoms with Gasteiger partial charge in [0.15, 0.2) is 5.96 Å². The Kier molecular flexibility index (Phi) is 12.0. The van der Waals surface area contributed by atoms with Crippen molar-refractivity contribution >= 4 is 40.0 Å². The lowest BCUT2D eigenvalue weighted by atomic mass is 10.2. The first-order valence-corrected chi connectivity index (χ1v) is 11.2. The quantitative estimate of drug-likeness (QED) is 0.189. The second-order valence-corrected chi connectivity index (χ2v) is 8.73. The molecule has 0 atom stereocenters. The van der Waals surface area contributed by atoms with Crippen LogP contribution in [0, 0.1) is 5.92 Å². The number of likely N-dealkylation sites (N-methyl/N-ethyl adjacent to an activating group) is 1. The van der Waals surface area contributed by atoms with Crippen LogP contribution in [0.4, 0.5) is 0 Å². The number of ether oxygens (including phenoxy) is 1. The third-order valence-corrected chi connectivity index (χ3v) is 5.58. The van der Waals surface area contributed by atoms with E-state index >= 15 is 0 Å². The van der Waals surface area contributed by atoms with Gasteiger partial charge in [-0.15, -0.1) is 24.0 Å². The maximum absolute atomic E-state index is 12.2. The number of aliphatic imine (C=N–C) groups is 1. The molecule has 0 aliphatic heterocycles. The molecule has 0 saturated heterocycles. The average Bonchev–Trinajstić information content (AvgIpc) is 3.48. The molecule has 1 aliphatic rings. The molecule has 0 heterocycles. The Hall–Kier alpha value is -0.910. The Morgan fingerprint density at radius 1 is 1.29 bits per heavy atom. The molecular weight excluding hydrogens is 491 g/mol. The molecule has 9 heteroatoms. The van der Waals surface area contributed by atoms with Crippen LogP contribution >= 0.6 is 24.0 Å². The summed E-state index contributed by atoms with van der Waals surface area (Å²) in [5.74, 6) is 1.41. The summed E-state index contributed by atoms with van der Waals surface area (Å²) in [6.45, 7) is 5.43. The molecule has 1 aromatic rings. The molecular formula is C19H33IN4O3S. The first kappa shape index (κ1) is 25.1. The predicted molar refractivity (Wildman–Crippen MR) is 125 cm³/mol. The predicted octanol–water partition coefficient (Wildman–Crippen LogP) is 2.05. The first-order valence-electron chi connectivity index (χ1n) is 9.58. The lowest BCUT2D eigenvalue weighted by Gasteiger charge is -2.22. The Labute approximate surface area is 186 Å². The summed E-state index contributed by atoms with van der Waals surface area (Å²) in [5, 5.41) is 3.19. The molecule has 2 rings (SSSR count). The van der Waals surface area contributed by atoms with Gasteiger partial charge in [0.25, 0.3) is 0 Å².